The molecule has 1 aliphatic rings. The van der Waals surface area contributed by atoms with Gasteiger partial charge in [-0.1, -0.05) is 25.2 Å². The lowest BCUT2D eigenvalue weighted by atomic mass is 10.2. The first kappa shape index (κ1) is 11.9. The second-order valence-corrected chi connectivity index (χ2v) is 3.19. The van der Waals surface area contributed by atoms with Crippen LogP contribution < -0.4 is 0 Å². The van der Waals surface area contributed by atoms with Crippen LogP contribution >= 0.6 is 0 Å². The van der Waals surface area contributed by atoms with Gasteiger partial charge in [0.25, 0.3) is 0 Å². The van der Waals surface area contributed by atoms with Crippen LogP contribution in [0.3, 0.4) is 0 Å². The molecule has 2 nitrogen and oxygen atoms in total. The Labute approximate surface area is 80.0 Å². The first-order valence-corrected chi connectivity index (χ1v) is 4.64. The Hall–Kier alpha value is -1.05. The molecule has 0 aromatic carbocycles. The van der Waals surface area contributed by atoms with E-state index < -0.39 is 5.97 Å². The summed E-state index contributed by atoms with van der Waals surface area (Å²) in [6.45, 7) is 6.84. The molecule has 0 unspecified atom stereocenters. The number of carbonyl (C=O) groups is 1. The highest BCUT2D eigenvalue weighted by molar-refractivity contribution is 5.84. The minimum Gasteiger partial charge on any atom is -0.478 e. The molecule has 0 amide bonds. The zero-order valence-corrected chi connectivity index (χ0v) is 8.47. The van der Waals surface area contributed by atoms with Gasteiger partial charge in [0.15, 0.2) is 0 Å². The van der Waals surface area contributed by atoms with E-state index in [0.717, 1.165) is 0 Å². The van der Waals surface area contributed by atoms with Gasteiger partial charge in [0.1, 0.15) is 0 Å². The topological polar surface area (TPSA) is 37.3 Å². The van der Waals surface area contributed by atoms with Crippen LogP contribution in [0.15, 0.2) is 23.8 Å². The van der Waals surface area contributed by atoms with Gasteiger partial charge in [-0.25, -0.2) is 4.79 Å². The predicted octanol–water partition coefficient (Wildman–Crippen LogP) is 3.15. The lowest BCUT2D eigenvalue weighted by Crippen LogP contribution is -1.92. The third kappa shape index (κ3) is 6.14. The molecule has 1 N–H and O–H groups in total. The molecule has 13 heavy (non-hydrogen) atoms. The van der Waals surface area contributed by atoms with E-state index in [-0.39, 0.29) is 5.57 Å². The van der Waals surface area contributed by atoms with Crippen molar-refractivity contribution in [3.63, 3.8) is 0 Å². The number of rotatable bonds is 2. The molecule has 0 fully saturated rings. The van der Waals surface area contributed by atoms with Gasteiger partial charge in [0, 0.05) is 5.57 Å². The summed E-state index contributed by atoms with van der Waals surface area (Å²) in [4.78, 5) is 9.60. The van der Waals surface area contributed by atoms with Gasteiger partial charge in [-0.2, -0.15) is 0 Å². The number of hydrogen-bond donors (Lipinski definition) is 1. The summed E-state index contributed by atoms with van der Waals surface area (Å²) < 4.78 is 0. The fraction of sp³-hybridized carbons (Fsp3) is 0.545. The average Bonchev–Trinajstić information content (AvgIpc) is 2.56. The number of allylic oxidation sites excluding steroid dienone is 2. The average molecular weight is 182 g/mol. The van der Waals surface area contributed by atoms with E-state index in [1.165, 1.54) is 32.6 Å². The fourth-order valence-corrected chi connectivity index (χ4v) is 1.06. The molecular formula is C11H18O2. The van der Waals surface area contributed by atoms with Gasteiger partial charge in [0.05, 0.1) is 0 Å². The first-order valence-electron chi connectivity index (χ1n) is 4.64. The molecule has 1 aliphatic carbocycles. The third-order valence-corrected chi connectivity index (χ3v) is 1.95. The molecule has 0 radical (unpaired) electrons. The van der Waals surface area contributed by atoms with Gasteiger partial charge in [0.2, 0.25) is 0 Å². The maximum atomic E-state index is 9.60. The lowest BCUT2D eigenvalue weighted by Gasteiger charge is -1.88. The van der Waals surface area contributed by atoms with Crippen LogP contribution in [0.5, 0.6) is 0 Å². The monoisotopic (exact) mass is 182 g/mol. The van der Waals surface area contributed by atoms with Crippen molar-refractivity contribution in [1.29, 1.82) is 0 Å². The quantitative estimate of drug-likeness (QED) is 0.526. The van der Waals surface area contributed by atoms with Crippen LogP contribution in [0, 0.1) is 0 Å². The minimum atomic E-state index is -0.935. The maximum Gasteiger partial charge on any atom is 0.330 e. The van der Waals surface area contributed by atoms with Crippen LogP contribution in [0.1, 0.15) is 39.5 Å². The number of carboxylic acid groups (broad SMARTS) is 1. The van der Waals surface area contributed by atoms with E-state index in [4.69, 9.17) is 5.11 Å². The summed E-state index contributed by atoms with van der Waals surface area (Å²) in [5, 5.41) is 7.89. The third-order valence-electron chi connectivity index (χ3n) is 1.95. The molecule has 0 aromatic heterocycles. The highest BCUT2D eigenvalue weighted by atomic mass is 16.4. The Bertz CT molecular complexity index is 202. The summed E-state index contributed by atoms with van der Waals surface area (Å²) in [7, 11) is 0. The van der Waals surface area contributed by atoms with Crippen molar-refractivity contribution in [2.75, 3.05) is 0 Å². The summed E-state index contributed by atoms with van der Waals surface area (Å²) in [5.41, 5.74) is 1.84. The molecule has 0 atom stereocenters. The summed E-state index contributed by atoms with van der Waals surface area (Å²) in [5.74, 6) is -0.935. The van der Waals surface area contributed by atoms with Crippen LogP contribution in [0.2, 0.25) is 0 Å². The fourth-order valence-electron chi connectivity index (χ4n) is 1.06. The number of aliphatic carboxylic acids is 1. The molecule has 0 saturated carbocycles. The number of hydrogen-bond acceptors (Lipinski definition) is 1. The molecule has 0 aliphatic heterocycles. The van der Waals surface area contributed by atoms with Crippen molar-refractivity contribution in [2.24, 2.45) is 0 Å². The van der Waals surface area contributed by atoms with E-state index in [1.54, 1.807) is 5.57 Å². The summed E-state index contributed by atoms with van der Waals surface area (Å²) in [6.07, 6.45) is 7.77. The molecule has 2 heteroatoms. The van der Waals surface area contributed by atoms with Crippen LogP contribution in [-0.2, 0) is 4.79 Å². The Morgan fingerprint density at radius 1 is 1.69 bits per heavy atom. The van der Waals surface area contributed by atoms with E-state index >= 15 is 0 Å². The highest BCUT2D eigenvalue weighted by Gasteiger charge is 1.99. The van der Waals surface area contributed by atoms with Crippen LogP contribution in [0.4, 0.5) is 0 Å². The largest absolute Gasteiger partial charge is 0.478 e. The van der Waals surface area contributed by atoms with Crippen molar-refractivity contribution in [1.82, 2.24) is 0 Å². The number of carboxylic acids is 1. The van der Waals surface area contributed by atoms with Gasteiger partial charge < -0.3 is 5.11 Å². The van der Waals surface area contributed by atoms with E-state index in [0.29, 0.717) is 0 Å². The van der Waals surface area contributed by atoms with Crippen molar-refractivity contribution < 1.29 is 9.90 Å². The van der Waals surface area contributed by atoms with Crippen LogP contribution in [-0.4, -0.2) is 11.1 Å². The first-order chi connectivity index (χ1) is 6.07. The van der Waals surface area contributed by atoms with E-state index in [2.05, 4.69) is 19.6 Å². The second kappa shape index (κ2) is 6.46. The lowest BCUT2D eigenvalue weighted by molar-refractivity contribution is -0.132. The zero-order chi connectivity index (χ0) is 10.3. The molecule has 1 rings (SSSR count). The summed E-state index contributed by atoms with van der Waals surface area (Å²) >= 11 is 0. The van der Waals surface area contributed by atoms with Gasteiger partial charge in [-0.15, -0.1) is 0 Å². The van der Waals surface area contributed by atoms with Crippen molar-refractivity contribution >= 4 is 5.97 Å². The summed E-state index contributed by atoms with van der Waals surface area (Å²) in [6, 6.07) is 0. The van der Waals surface area contributed by atoms with Gasteiger partial charge in [-0.3, -0.25) is 0 Å². The SMILES string of the molecule is C=C(C)C(=O)O.CCC1=CCCC1. The van der Waals surface area contributed by atoms with Crippen LogP contribution in [0.25, 0.3) is 0 Å². The van der Waals surface area contributed by atoms with E-state index in [9.17, 15) is 4.79 Å². The molecule has 0 spiro atoms. The highest BCUT2D eigenvalue weighted by Crippen LogP contribution is 2.19. The van der Waals surface area contributed by atoms with Gasteiger partial charge >= 0.3 is 5.97 Å². The smallest absolute Gasteiger partial charge is 0.330 e. The Kier molecular flexibility index (Phi) is 5.94. The second-order valence-electron chi connectivity index (χ2n) is 3.19. The molecule has 0 bridgehead atoms. The molecule has 0 aromatic rings. The molecule has 0 saturated heterocycles. The van der Waals surface area contributed by atoms with Gasteiger partial charge in [-0.05, 0) is 32.6 Å². The minimum absolute atomic E-state index is 0.176. The van der Waals surface area contributed by atoms with E-state index in [1.807, 2.05) is 0 Å². The molecular weight excluding hydrogens is 164 g/mol. The Morgan fingerprint density at radius 3 is 2.38 bits per heavy atom. The maximum absolute atomic E-state index is 9.60. The van der Waals surface area contributed by atoms with Crippen molar-refractivity contribution in [3.05, 3.63) is 23.8 Å². The predicted molar refractivity (Wildman–Crippen MR) is 54.7 cm³/mol. The Balaban J connectivity index is 0.000000226. The molecule has 0 heterocycles. The normalized spacial score (nSPS) is 14.2. The van der Waals surface area contributed by atoms with Crippen molar-refractivity contribution in [2.45, 2.75) is 39.5 Å². The Morgan fingerprint density at radius 2 is 2.23 bits per heavy atom. The van der Waals surface area contributed by atoms with Crippen molar-refractivity contribution in [3.8, 4) is 0 Å². The zero-order valence-electron chi connectivity index (χ0n) is 8.47. The molecule has 74 valence electrons. The standard InChI is InChI=1S/C7H12.C4H6O2/c1-2-7-5-3-4-6-7;1-3(2)4(5)6/h5H,2-4,6H2,1H3;1H2,2H3,(H,5,6).